The van der Waals surface area contributed by atoms with E-state index in [1.165, 1.54) is 0 Å². The van der Waals surface area contributed by atoms with Crippen molar-refractivity contribution >= 4 is 15.7 Å². The number of anilines is 1. The second kappa shape index (κ2) is 6.91. The van der Waals surface area contributed by atoms with Crippen molar-refractivity contribution in [3.8, 4) is 0 Å². The van der Waals surface area contributed by atoms with Crippen LogP contribution in [0.25, 0.3) is 0 Å². The summed E-state index contributed by atoms with van der Waals surface area (Å²) in [5.74, 6) is 0. The molecule has 0 amide bonds. The molecule has 1 rings (SSSR count). The lowest BCUT2D eigenvalue weighted by Crippen LogP contribution is -2.25. The Morgan fingerprint density at radius 3 is 2.37 bits per heavy atom. The lowest BCUT2D eigenvalue weighted by atomic mass is 10.1. The molecule has 0 aliphatic heterocycles. The minimum atomic E-state index is -3.31. The predicted molar refractivity (Wildman–Crippen MR) is 80.8 cm³/mol. The number of hydrogen-bond donors (Lipinski definition) is 2. The Morgan fingerprint density at radius 2 is 1.79 bits per heavy atom. The third-order valence-corrected chi connectivity index (χ3v) is 4.75. The van der Waals surface area contributed by atoms with Crippen LogP contribution in [0.1, 0.15) is 45.7 Å². The third-order valence-electron chi connectivity index (χ3n) is 3.00. The summed E-state index contributed by atoms with van der Waals surface area (Å²) in [4.78, 5) is 0. The molecule has 1 aromatic rings. The van der Waals surface area contributed by atoms with Crippen LogP contribution in [-0.2, 0) is 10.0 Å². The third kappa shape index (κ3) is 4.51. The van der Waals surface area contributed by atoms with Gasteiger partial charge in [-0.15, -0.1) is 0 Å². The van der Waals surface area contributed by atoms with Gasteiger partial charge in [0.2, 0.25) is 10.0 Å². The number of sulfonamides is 1. The van der Waals surface area contributed by atoms with Gasteiger partial charge in [-0.3, -0.25) is 4.72 Å². The van der Waals surface area contributed by atoms with E-state index in [4.69, 9.17) is 0 Å². The fraction of sp³-hybridized carbons (Fsp3) is 0.571. The Labute approximate surface area is 116 Å². The van der Waals surface area contributed by atoms with Crippen LogP contribution in [0.3, 0.4) is 0 Å². The van der Waals surface area contributed by atoms with E-state index < -0.39 is 15.3 Å². The highest BCUT2D eigenvalue weighted by molar-refractivity contribution is 7.93. The maximum Gasteiger partial charge on any atom is 0.235 e. The first-order chi connectivity index (χ1) is 8.88. The molecule has 0 heterocycles. The van der Waals surface area contributed by atoms with Crippen molar-refractivity contribution in [1.29, 1.82) is 0 Å². The van der Waals surface area contributed by atoms with E-state index in [9.17, 15) is 8.42 Å². The molecule has 1 aromatic carbocycles. The van der Waals surface area contributed by atoms with Gasteiger partial charge in [-0.2, -0.15) is 0 Å². The van der Waals surface area contributed by atoms with Gasteiger partial charge < -0.3 is 5.32 Å². The lowest BCUT2D eigenvalue weighted by molar-refractivity contribution is 0.571. The molecule has 0 fully saturated rings. The van der Waals surface area contributed by atoms with E-state index in [-0.39, 0.29) is 6.04 Å². The zero-order valence-electron chi connectivity index (χ0n) is 12.1. The lowest BCUT2D eigenvalue weighted by Gasteiger charge is -2.19. The minimum absolute atomic E-state index is 0.117. The second-order valence-electron chi connectivity index (χ2n) is 4.96. The molecular formula is C14H24N2O2S. The number of rotatable bonds is 7. The van der Waals surface area contributed by atoms with Gasteiger partial charge in [0.25, 0.3) is 0 Å². The van der Waals surface area contributed by atoms with Gasteiger partial charge in [-0.25, -0.2) is 8.42 Å². The maximum absolute atomic E-state index is 12.0. The highest BCUT2D eigenvalue weighted by Crippen LogP contribution is 2.24. The van der Waals surface area contributed by atoms with Crippen molar-refractivity contribution in [2.24, 2.45) is 0 Å². The first-order valence-electron chi connectivity index (χ1n) is 6.72. The average Bonchev–Trinajstić information content (AvgIpc) is 2.36. The maximum atomic E-state index is 12.0. The molecule has 0 radical (unpaired) electrons. The smallest absolute Gasteiger partial charge is 0.235 e. The summed E-state index contributed by atoms with van der Waals surface area (Å²) < 4.78 is 26.6. The molecule has 0 aromatic heterocycles. The quantitative estimate of drug-likeness (QED) is 0.809. The minimum Gasteiger partial charge on any atom is -0.310 e. The standard InChI is InChI=1S/C14H24N2O2S/c1-5-10-15-12(4)13-8-6-7-9-14(13)16-19(17,18)11(2)3/h6-9,11-12,15-16H,5,10H2,1-4H3. The highest BCUT2D eigenvalue weighted by atomic mass is 32.2. The summed E-state index contributed by atoms with van der Waals surface area (Å²) in [7, 11) is -3.31. The van der Waals surface area contributed by atoms with Crippen molar-refractivity contribution in [2.45, 2.75) is 45.4 Å². The summed E-state index contributed by atoms with van der Waals surface area (Å²) in [5, 5.41) is 2.92. The van der Waals surface area contributed by atoms with E-state index in [2.05, 4.69) is 17.0 Å². The topological polar surface area (TPSA) is 58.2 Å². The van der Waals surface area contributed by atoms with Gasteiger partial charge in [0.05, 0.1) is 10.9 Å². The number of nitrogens with one attached hydrogen (secondary N) is 2. The molecule has 0 spiro atoms. The van der Waals surface area contributed by atoms with Crippen LogP contribution in [0.2, 0.25) is 0 Å². The average molecular weight is 284 g/mol. The van der Waals surface area contributed by atoms with E-state index in [1.807, 2.05) is 25.1 Å². The Hall–Kier alpha value is -1.07. The van der Waals surface area contributed by atoms with Crippen LogP contribution in [0, 0.1) is 0 Å². The van der Waals surface area contributed by atoms with E-state index in [1.54, 1.807) is 19.9 Å². The first-order valence-corrected chi connectivity index (χ1v) is 8.27. The normalized spacial score (nSPS) is 13.5. The fourth-order valence-electron chi connectivity index (χ4n) is 1.71. The van der Waals surface area contributed by atoms with E-state index in [0.29, 0.717) is 5.69 Å². The van der Waals surface area contributed by atoms with E-state index in [0.717, 1.165) is 18.5 Å². The van der Waals surface area contributed by atoms with Crippen LogP contribution in [0.4, 0.5) is 5.69 Å². The summed E-state index contributed by atoms with van der Waals surface area (Å²) in [6.07, 6.45) is 1.05. The van der Waals surface area contributed by atoms with Crippen LogP contribution in [0.5, 0.6) is 0 Å². The van der Waals surface area contributed by atoms with Gasteiger partial charge in [0, 0.05) is 6.04 Å². The van der Waals surface area contributed by atoms with Crippen molar-refractivity contribution < 1.29 is 8.42 Å². The predicted octanol–water partition coefficient (Wildman–Crippen LogP) is 2.90. The zero-order chi connectivity index (χ0) is 14.5. The summed E-state index contributed by atoms with van der Waals surface area (Å²) in [6.45, 7) is 8.39. The van der Waals surface area contributed by atoms with Crippen molar-refractivity contribution in [2.75, 3.05) is 11.3 Å². The van der Waals surface area contributed by atoms with Crippen molar-refractivity contribution in [3.05, 3.63) is 29.8 Å². The summed E-state index contributed by atoms with van der Waals surface area (Å²) >= 11 is 0. The molecule has 2 N–H and O–H groups in total. The summed E-state index contributed by atoms with van der Waals surface area (Å²) in [6, 6.07) is 7.64. The Balaban J connectivity index is 2.96. The SMILES string of the molecule is CCCNC(C)c1ccccc1NS(=O)(=O)C(C)C. The largest absolute Gasteiger partial charge is 0.310 e. The molecule has 0 saturated carbocycles. The molecule has 0 saturated heterocycles. The first kappa shape index (κ1) is 16.0. The van der Waals surface area contributed by atoms with Gasteiger partial charge in [0.15, 0.2) is 0 Å². The Kier molecular flexibility index (Phi) is 5.82. The molecule has 1 unspecified atom stereocenters. The number of hydrogen-bond acceptors (Lipinski definition) is 3. The van der Waals surface area contributed by atoms with Crippen LogP contribution in [-0.4, -0.2) is 20.2 Å². The van der Waals surface area contributed by atoms with Crippen LogP contribution >= 0.6 is 0 Å². The Morgan fingerprint density at radius 1 is 1.16 bits per heavy atom. The molecule has 19 heavy (non-hydrogen) atoms. The highest BCUT2D eigenvalue weighted by Gasteiger charge is 2.18. The van der Waals surface area contributed by atoms with Gasteiger partial charge in [0.1, 0.15) is 0 Å². The molecule has 0 aliphatic rings. The van der Waals surface area contributed by atoms with Crippen molar-refractivity contribution in [1.82, 2.24) is 5.32 Å². The van der Waals surface area contributed by atoms with Crippen LogP contribution < -0.4 is 10.0 Å². The van der Waals surface area contributed by atoms with Gasteiger partial charge >= 0.3 is 0 Å². The molecule has 4 nitrogen and oxygen atoms in total. The zero-order valence-corrected chi connectivity index (χ0v) is 12.9. The van der Waals surface area contributed by atoms with Gasteiger partial charge in [-0.1, -0.05) is 25.1 Å². The second-order valence-corrected chi connectivity index (χ2v) is 7.20. The number of benzene rings is 1. The van der Waals surface area contributed by atoms with Crippen molar-refractivity contribution in [3.63, 3.8) is 0 Å². The number of para-hydroxylation sites is 1. The van der Waals surface area contributed by atoms with Crippen LogP contribution in [0.15, 0.2) is 24.3 Å². The molecule has 0 aliphatic carbocycles. The van der Waals surface area contributed by atoms with Gasteiger partial charge in [-0.05, 0) is 45.4 Å². The van der Waals surface area contributed by atoms with E-state index >= 15 is 0 Å². The monoisotopic (exact) mass is 284 g/mol. The molecular weight excluding hydrogens is 260 g/mol. The molecule has 1 atom stereocenters. The summed E-state index contributed by atoms with van der Waals surface area (Å²) in [5.41, 5.74) is 1.63. The molecule has 108 valence electrons. The Bertz CT molecular complexity index is 498. The molecule has 5 heteroatoms. The molecule has 0 bridgehead atoms. The fourth-order valence-corrected chi connectivity index (χ4v) is 2.44.